The number of aliphatic hydroxyl groups excluding tert-OH is 1. The van der Waals surface area contributed by atoms with Gasteiger partial charge in [-0.2, -0.15) is 0 Å². The van der Waals surface area contributed by atoms with E-state index in [1.54, 1.807) is 6.20 Å². The van der Waals surface area contributed by atoms with E-state index in [2.05, 4.69) is 15.6 Å². The van der Waals surface area contributed by atoms with Gasteiger partial charge in [0.25, 0.3) is 0 Å². The number of hydrogen-bond acceptors (Lipinski definition) is 5. The average molecular weight is 242 g/mol. The number of aryl methyl sites for hydroxylation is 1. The van der Waals surface area contributed by atoms with Gasteiger partial charge >= 0.3 is 5.97 Å². The number of aliphatic hydroxyl groups is 1. The van der Waals surface area contributed by atoms with Gasteiger partial charge in [-0.15, -0.1) is 5.10 Å². The second-order valence-electron chi connectivity index (χ2n) is 3.41. The second-order valence-corrected chi connectivity index (χ2v) is 3.41. The Morgan fingerprint density at radius 1 is 1.47 bits per heavy atom. The molecule has 1 atom stereocenters. The second kappa shape index (κ2) is 6.59. The van der Waals surface area contributed by atoms with Gasteiger partial charge in [-0.05, 0) is 0 Å². The van der Waals surface area contributed by atoms with E-state index in [0.29, 0.717) is 6.54 Å². The molecule has 0 unspecified atom stereocenters. The van der Waals surface area contributed by atoms with Gasteiger partial charge in [0.2, 0.25) is 5.91 Å². The first kappa shape index (κ1) is 13.1. The van der Waals surface area contributed by atoms with Gasteiger partial charge in [-0.1, -0.05) is 5.21 Å². The van der Waals surface area contributed by atoms with Crippen LogP contribution in [0.3, 0.4) is 0 Å². The largest absolute Gasteiger partial charge is 0.479 e. The number of aliphatic carboxylic acids is 1. The van der Waals surface area contributed by atoms with Gasteiger partial charge in [-0.25, -0.2) is 4.79 Å². The zero-order valence-corrected chi connectivity index (χ0v) is 9.11. The molecule has 1 rings (SSSR count). The lowest BCUT2D eigenvalue weighted by Crippen LogP contribution is -2.30. The molecule has 1 heterocycles. The fourth-order valence-electron chi connectivity index (χ4n) is 1.13. The van der Waals surface area contributed by atoms with Crippen LogP contribution in [0.2, 0.25) is 0 Å². The van der Waals surface area contributed by atoms with Gasteiger partial charge in [0.15, 0.2) is 6.10 Å². The number of nitrogens with one attached hydrogen (secondary N) is 1. The maximum Gasteiger partial charge on any atom is 0.332 e. The fourth-order valence-corrected chi connectivity index (χ4v) is 1.13. The molecule has 0 radical (unpaired) electrons. The monoisotopic (exact) mass is 242 g/mol. The van der Waals surface area contributed by atoms with Crippen molar-refractivity contribution in [2.24, 2.45) is 0 Å². The predicted molar refractivity (Wildman–Crippen MR) is 55.9 cm³/mol. The zero-order chi connectivity index (χ0) is 12.7. The Morgan fingerprint density at radius 3 is 2.82 bits per heavy atom. The van der Waals surface area contributed by atoms with Gasteiger partial charge in [0.1, 0.15) is 0 Å². The van der Waals surface area contributed by atoms with Crippen LogP contribution < -0.4 is 5.32 Å². The molecule has 17 heavy (non-hydrogen) atoms. The third kappa shape index (κ3) is 5.07. The lowest BCUT2D eigenvalue weighted by atomic mass is 10.2. The van der Waals surface area contributed by atoms with Gasteiger partial charge < -0.3 is 15.5 Å². The molecular weight excluding hydrogens is 228 g/mol. The summed E-state index contributed by atoms with van der Waals surface area (Å²) in [6.45, 7) is 0.539. The van der Waals surface area contributed by atoms with Crippen molar-refractivity contribution >= 4 is 11.9 Å². The first-order valence-corrected chi connectivity index (χ1v) is 5.11. The van der Waals surface area contributed by atoms with E-state index in [1.165, 1.54) is 10.9 Å². The maximum atomic E-state index is 11.3. The van der Waals surface area contributed by atoms with Crippen molar-refractivity contribution in [3.63, 3.8) is 0 Å². The number of aromatic nitrogens is 3. The SMILES string of the molecule is O=C(CCn1ccnn1)NCC[C@H](O)C(=O)O. The third-order valence-corrected chi connectivity index (χ3v) is 2.06. The lowest BCUT2D eigenvalue weighted by Gasteiger charge is -2.07. The Labute approximate surface area is 97.2 Å². The molecule has 0 bridgehead atoms. The Balaban J connectivity index is 2.11. The number of carboxylic acid groups (broad SMARTS) is 1. The molecule has 1 amide bonds. The molecule has 8 heteroatoms. The zero-order valence-electron chi connectivity index (χ0n) is 9.11. The highest BCUT2D eigenvalue weighted by Crippen LogP contribution is 1.91. The molecule has 0 saturated carbocycles. The molecular formula is C9H14N4O4. The summed E-state index contributed by atoms with van der Waals surface area (Å²) in [4.78, 5) is 21.6. The standard InChI is InChI=1S/C9H14N4O4/c14-7(9(16)17)1-3-10-8(15)2-5-13-6-4-11-12-13/h4,6-7,14H,1-3,5H2,(H,10,15)(H,16,17)/t7-/m0/s1. The van der Waals surface area contributed by atoms with Crippen LogP contribution in [0.25, 0.3) is 0 Å². The van der Waals surface area contributed by atoms with Crippen molar-refractivity contribution in [3.05, 3.63) is 12.4 Å². The number of hydrogen-bond donors (Lipinski definition) is 3. The molecule has 0 aliphatic rings. The highest BCUT2D eigenvalue weighted by atomic mass is 16.4. The first-order valence-electron chi connectivity index (χ1n) is 5.11. The molecule has 0 aliphatic heterocycles. The molecule has 0 fully saturated rings. The minimum Gasteiger partial charge on any atom is -0.479 e. The van der Waals surface area contributed by atoms with Crippen LogP contribution in [-0.2, 0) is 16.1 Å². The molecule has 8 nitrogen and oxygen atoms in total. The summed E-state index contributed by atoms with van der Waals surface area (Å²) in [5.41, 5.74) is 0. The van der Waals surface area contributed by atoms with E-state index in [4.69, 9.17) is 10.2 Å². The minimum absolute atomic E-state index is 0.00953. The lowest BCUT2D eigenvalue weighted by molar-refractivity contribution is -0.147. The molecule has 3 N–H and O–H groups in total. The normalized spacial score (nSPS) is 12.1. The first-order chi connectivity index (χ1) is 8.09. The third-order valence-electron chi connectivity index (χ3n) is 2.06. The average Bonchev–Trinajstić information content (AvgIpc) is 2.78. The molecule has 0 aromatic carbocycles. The smallest absolute Gasteiger partial charge is 0.332 e. The van der Waals surface area contributed by atoms with E-state index in [1.807, 2.05) is 0 Å². The quantitative estimate of drug-likeness (QED) is 0.542. The molecule has 0 saturated heterocycles. The molecule has 1 aromatic rings. The van der Waals surface area contributed by atoms with Crippen LogP contribution in [0.5, 0.6) is 0 Å². The van der Waals surface area contributed by atoms with Gasteiger partial charge in [0, 0.05) is 25.6 Å². The Bertz CT molecular complexity index is 365. The number of carbonyl (C=O) groups is 2. The van der Waals surface area contributed by atoms with Gasteiger partial charge in [0.05, 0.1) is 12.7 Å². The highest BCUT2D eigenvalue weighted by molar-refractivity contribution is 5.76. The van der Waals surface area contributed by atoms with Crippen molar-refractivity contribution in [2.45, 2.75) is 25.5 Å². The van der Waals surface area contributed by atoms with Crippen LogP contribution in [-0.4, -0.2) is 49.7 Å². The number of carboxylic acids is 1. The van der Waals surface area contributed by atoms with Crippen molar-refractivity contribution in [2.75, 3.05) is 6.54 Å². The molecule has 0 aliphatic carbocycles. The number of carbonyl (C=O) groups excluding carboxylic acids is 1. The number of amides is 1. The fraction of sp³-hybridized carbons (Fsp3) is 0.556. The van der Waals surface area contributed by atoms with Crippen molar-refractivity contribution in [1.29, 1.82) is 0 Å². The highest BCUT2D eigenvalue weighted by Gasteiger charge is 2.12. The van der Waals surface area contributed by atoms with Crippen LogP contribution in [0.15, 0.2) is 12.4 Å². The van der Waals surface area contributed by atoms with Crippen LogP contribution in [0.4, 0.5) is 0 Å². The minimum atomic E-state index is -1.44. The summed E-state index contributed by atoms with van der Waals surface area (Å²) in [6.07, 6.45) is 1.94. The Morgan fingerprint density at radius 2 is 2.24 bits per heavy atom. The van der Waals surface area contributed by atoms with E-state index in [0.717, 1.165) is 0 Å². The van der Waals surface area contributed by atoms with Crippen LogP contribution in [0, 0.1) is 0 Å². The summed E-state index contributed by atoms with van der Waals surface area (Å²) in [6, 6.07) is 0. The van der Waals surface area contributed by atoms with E-state index in [9.17, 15) is 9.59 Å². The summed E-state index contributed by atoms with van der Waals surface area (Å²) in [5, 5.41) is 27.1. The summed E-state index contributed by atoms with van der Waals surface area (Å²) in [7, 11) is 0. The van der Waals surface area contributed by atoms with Crippen molar-refractivity contribution in [1.82, 2.24) is 20.3 Å². The summed E-state index contributed by atoms with van der Waals surface area (Å²) >= 11 is 0. The van der Waals surface area contributed by atoms with E-state index >= 15 is 0 Å². The van der Waals surface area contributed by atoms with E-state index in [-0.39, 0.29) is 25.3 Å². The van der Waals surface area contributed by atoms with E-state index < -0.39 is 12.1 Å². The Hall–Kier alpha value is -1.96. The van der Waals surface area contributed by atoms with Crippen molar-refractivity contribution < 1.29 is 19.8 Å². The van der Waals surface area contributed by atoms with Crippen LogP contribution >= 0.6 is 0 Å². The Kier molecular flexibility index (Phi) is 5.08. The predicted octanol–water partition coefficient (Wildman–Crippen LogP) is -1.38. The molecule has 1 aromatic heterocycles. The summed E-state index contributed by atoms with van der Waals surface area (Å²) in [5.74, 6) is -1.51. The molecule has 94 valence electrons. The van der Waals surface area contributed by atoms with Gasteiger partial charge in [-0.3, -0.25) is 9.48 Å². The van der Waals surface area contributed by atoms with Crippen molar-refractivity contribution in [3.8, 4) is 0 Å². The van der Waals surface area contributed by atoms with Crippen LogP contribution in [0.1, 0.15) is 12.8 Å². The molecule has 0 spiro atoms. The maximum absolute atomic E-state index is 11.3. The topological polar surface area (TPSA) is 117 Å². The summed E-state index contributed by atoms with van der Waals surface area (Å²) < 4.78 is 1.52. The number of nitrogens with zero attached hydrogens (tertiary/aromatic N) is 3. The number of rotatable bonds is 7.